The Kier molecular flexibility index (Phi) is 3.67. The van der Waals surface area contributed by atoms with E-state index in [1.54, 1.807) is 12.4 Å². The maximum atomic E-state index is 12.3. The zero-order chi connectivity index (χ0) is 17.6. The molecule has 6 nitrogen and oxygen atoms in total. The number of nitrogens with zero attached hydrogens (tertiary/aromatic N) is 3. The molecule has 2 aliphatic heterocycles. The van der Waals surface area contributed by atoms with Gasteiger partial charge in [-0.2, -0.15) is 0 Å². The van der Waals surface area contributed by atoms with Gasteiger partial charge >= 0.3 is 6.09 Å². The number of imide groups is 1. The number of carboxylic acid groups (broad SMARTS) is 1. The Hall–Kier alpha value is -2.89. The molecule has 0 aliphatic carbocycles. The number of likely N-dealkylation sites (tertiary alicyclic amines) is 1. The monoisotopic (exact) mass is 337 g/mol. The van der Waals surface area contributed by atoms with E-state index >= 15 is 0 Å². The molecule has 0 spiro atoms. The third-order valence-corrected chi connectivity index (χ3v) is 4.91. The van der Waals surface area contributed by atoms with Crippen molar-refractivity contribution in [2.24, 2.45) is 0 Å². The molecule has 0 radical (unpaired) electrons. The number of fused-ring (bicyclic) bond motifs is 3. The van der Waals surface area contributed by atoms with Crippen molar-refractivity contribution in [1.29, 1.82) is 0 Å². The molecule has 1 N–H and O–H groups in total. The van der Waals surface area contributed by atoms with Gasteiger partial charge in [0.25, 0.3) is 5.91 Å². The lowest BCUT2D eigenvalue weighted by Gasteiger charge is -2.24. The predicted octanol–water partition coefficient (Wildman–Crippen LogP) is 2.96. The van der Waals surface area contributed by atoms with Crippen LogP contribution in [-0.2, 0) is 17.6 Å². The highest BCUT2D eigenvalue weighted by molar-refractivity contribution is 6.05. The van der Waals surface area contributed by atoms with Crippen LogP contribution in [0.15, 0.2) is 30.1 Å². The summed E-state index contributed by atoms with van der Waals surface area (Å²) < 4.78 is 2.08. The molecule has 0 bridgehead atoms. The number of aryl methyl sites for hydroxylation is 2. The number of piperidine rings is 1. The third-order valence-electron chi connectivity index (χ3n) is 4.91. The fraction of sp³-hybridized carbons (Fsp3) is 0.316. The predicted molar refractivity (Wildman–Crippen MR) is 92.7 cm³/mol. The summed E-state index contributed by atoms with van der Waals surface area (Å²) in [5.41, 5.74) is 6.03. The van der Waals surface area contributed by atoms with Gasteiger partial charge in [0.2, 0.25) is 0 Å². The molecule has 0 atom stereocenters. The first-order valence-electron chi connectivity index (χ1n) is 8.46. The fourth-order valence-electron chi connectivity index (χ4n) is 3.66. The van der Waals surface area contributed by atoms with E-state index in [2.05, 4.69) is 34.7 Å². The van der Waals surface area contributed by atoms with E-state index in [0.29, 0.717) is 18.4 Å². The summed E-state index contributed by atoms with van der Waals surface area (Å²) >= 11 is 0. The van der Waals surface area contributed by atoms with Gasteiger partial charge in [0.15, 0.2) is 0 Å². The summed E-state index contributed by atoms with van der Waals surface area (Å²) in [6, 6.07) is 6.39. The fourth-order valence-corrected chi connectivity index (χ4v) is 3.66. The molecule has 1 aromatic heterocycles. The van der Waals surface area contributed by atoms with Crippen molar-refractivity contribution in [2.45, 2.75) is 32.6 Å². The number of hydrogen-bond donors (Lipinski definition) is 1. The van der Waals surface area contributed by atoms with Gasteiger partial charge in [-0.05, 0) is 50.3 Å². The van der Waals surface area contributed by atoms with Crippen LogP contribution in [-0.4, -0.2) is 38.1 Å². The summed E-state index contributed by atoms with van der Waals surface area (Å²) in [5.74, 6) is -0.424. The number of hydrogen-bond acceptors (Lipinski definition) is 3. The SMILES string of the molecule is Cc1ccc2c(c1)CCc1c(/C=C3\CCCN(C(=O)O)C3=O)ncn1-2. The first kappa shape index (κ1) is 15.6. The quantitative estimate of drug-likeness (QED) is 0.812. The smallest absolute Gasteiger partial charge is 0.414 e. The Morgan fingerprint density at radius 1 is 1.28 bits per heavy atom. The topological polar surface area (TPSA) is 75.4 Å². The molecular formula is C19H19N3O3. The van der Waals surface area contributed by atoms with Crippen molar-refractivity contribution in [3.05, 3.63) is 52.6 Å². The number of amides is 2. The number of rotatable bonds is 1. The Morgan fingerprint density at radius 2 is 2.12 bits per heavy atom. The molecular weight excluding hydrogens is 318 g/mol. The van der Waals surface area contributed by atoms with Crippen molar-refractivity contribution in [3.63, 3.8) is 0 Å². The molecule has 2 aromatic rings. The molecule has 0 unspecified atom stereocenters. The maximum Gasteiger partial charge on any atom is 0.414 e. The van der Waals surface area contributed by atoms with Crippen LogP contribution in [0, 0.1) is 6.92 Å². The van der Waals surface area contributed by atoms with Crippen molar-refractivity contribution in [1.82, 2.24) is 14.5 Å². The lowest BCUT2D eigenvalue weighted by atomic mass is 9.97. The van der Waals surface area contributed by atoms with E-state index in [9.17, 15) is 9.59 Å². The molecule has 1 saturated heterocycles. The van der Waals surface area contributed by atoms with Crippen LogP contribution in [0.1, 0.15) is 35.4 Å². The molecule has 2 aliphatic rings. The lowest BCUT2D eigenvalue weighted by molar-refractivity contribution is -0.126. The van der Waals surface area contributed by atoms with Crippen molar-refractivity contribution in [3.8, 4) is 5.69 Å². The minimum absolute atomic E-state index is 0.263. The number of aromatic nitrogens is 2. The third kappa shape index (κ3) is 2.63. The minimum atomic E-state index is -1.19. The zero-order valence-corrected chi connectivity index (χ0v) is 14.0. The highest BCUT2D eigenvalue weighted by atomic mass is 16.4. The average molecular weight is 337 g/mol. The van der Waals surface area contributed by atoms with Gasteiger partial charge < -0.3 is 9.67 Å². The van der Waals surface area contributed by atoms with E-state index in [1.165, 1.54) is 11.1 Å². The molecule has 0 saturated carbocycles. The van der Waals surface area contributed by atoms with Crippen LogP contribution < -0.4 is 0 Å². The summed E-state index contributed by atoms with van der Waals surface area (Å²) in [5, 5.41) is 9.13. The normalized spacial score (nSPS) is 18.2. The minimum Gasteiger partial charge on any atom is -0.465 e. The molecule has 1 aromatic carbocycles. The van der Waals surface area contributed by atoms with Gasteiger partial charge in [-0.25, -0.2) is 14.7 Å². The average Bonchev–Trinajstić information content (AvgIpc) is 2.99. The second-order valence-corrected chi connectivity index (χ2v) is 6.59. The van der Waals surface area contributed by atoms with Crippen LogP contribution in [0.25, 0.3) is 11.8 Å². The first-order chi connectivity index (χ1) is 12.0. The van der Waals surface area contributed by atoms with Crippen molar-refractivity contribution >= 4 is 18.1 Å². The Balaban J connectivity index is 1.71. The van der Waals surface area contributed by atoms with Crippen molar-refractivity contribution in [2.75, 3.05) is 6.54 Å². The first-order valence-corrected chi connectivity index (χ1v) is 8.46. The second-order valence-electron chi connectivity index (χ2n) is 6.59. The molecule has 128 valence electrons. The van der Waals surface area contributed by atoms with Gasteiger partial charge in [-0.3, -0.25) is 4.79 Å². The van der Waals surface area contributed by atoms with Crippen LogP contribution >= 0.6 is 0 Å². The number of imidazole rings is 1. The number of carbonyl (C=O) groups excluding carboxylic acids is 1. The van der Waals surface area contributed by atoms with Gasteiger partial charge in [-0.15, -0.1) is 0 Å². The van der Waals surface area contributed by atoms with Crippen molar-refractivity contribution < 1.29 is 14.7 Å². The van der Waals surface area contributed by atoms with E-state index < -0.39 is 12.0 Å². The molecule has 3 heterocycles. The highest BCUT2D eigenvalue weighted by Gasteiger charge is 2.28. The van der Waals surface area contributed by atoms with Gasteiger partial charge in [-0.1, -0.05) is 17.7 Å². The van der Waals surface area contributed by atoms with Crippen LogP contribution in [0.4, 0.5) is 4.79 Å². The van der Waals surface area contributed by atoms with E-state index in [-0.39, 0.29) is 6.54 Å². The lowest BCUT2D eigenvalue weighted by Crippen LogP contribution is -2.40. The standard InChI is InChI=1S/C19H19N3O3/c1-12-4-6-16-13(9-12)5-7-17-15(20-11-22(16)17)10-14-3-2-8-21(18(14)23)19(24)25/h4,6,9-11H,2-3,5,7-8H2,1H3,(H,24,25)/b14-10+. The second kappa shape index (κ2) is 5.88. The van der Waals surface area contributed by atoms with E-state index in [4.69, 9.17) is 5.11 Å². The summed E-state index contributed by atoms with van der Waals surface area (Å²) in [7, 11) is 0. The van der Waals surface area contributed by atoms with E-state index in [1.807, 2.05) is 0 Å². The van der Waals surface area contributed by atoms with Crippen LogP contribution in [0.3, 0.4) is 0 Å². The number of benzene rings is 1. The van der Waals surface area contributed by atoms with Gasteiger partial charge in [0, 0.05) is 12.1 Å². The number of carbonyl (C=O) groups is 2. The highest BCUT2D eigenvalue weighted by Crippen LogP contribution is 2.29. The van der Waals surface area contributed by atoms with Crippen LogP contribution in [0.2, 0.25) is 0 Å². The molecule has 4 rings (SSSR count). The van der Waals surface area contributed by atoms with Gasteiger partial charge in [0.05, 0.1) is 17.1 Å². The summed E-state index contributed by atoms with van der Waals surface area (Å²) in [6.07, 6.45) is 5.40. The Labute approximate surface area is 145 Å². The summed E-state index contributed by atoms with van der Waals surface area (Å²) in [4.78, 5) is 28.9. The Bertz CT molecular complexity index is 911. The Morgan fingerprint density at radius 3 is 2.92 bits per heavy atom. The maximum absolute atomic E-state index is 12.3. The molecule has 25 heavy (non-hydrogen) atoms. The molecule has 6 heteroatoms. The molecule has 1 fully saturated rings. The summed E-state index contributed by atoms with van der Waals surface area (Å²) in [6.45, 7) is 2.35. The van der Waals surface area contributed by atoms with Crippen LogP contribution in [0.5, 0.6) is 0 Å². The largest absolute Gasteiger partial charge is 0.465 e. The van der Waals surface area contributed by atoms with E-state index in [0.717, 1.165) is 34.8 Å². The molecule has 2 amide bonds. The van der Waals surface area contributed by atoms with Gasteiger partial charge in [0.1, 0.15) is 6.33 Å². The zero-order valence-electron chi connectivity index (χ0n) is 14.0.